The SMILES string of the molecule is O=C(NS(=O)(=O)CC1CCCCO1)c1cc(F)c(F)c(F)c1. The van der Waals surface area contributed by atoms with Gasteiger partial charge in [0.05, 0.1) is 11.9 Å². The van der Waals surface area contributed by atoms with Gasteiger partial charge in [0, 0.05) is 12.2 Å². The Bertz CT molecular complexity index is 649. The van der Waals surface area contributed by atoms with E-state index in [0.717, 1.165) is 12.8 Å². The Labute approximate surface area is 125 Å². The van der Waals surface area contributed by atoms with Crippen molar-refractivity contribution < 1.29 is 31.1 Å². The number of amides is 1. The summed E-state index contributed by atoms with van der Waals surface area (Å²) in [6.45, 7) is 0.447. The standard InChI is InChI=1S/C13H14F3NO4S/c14-10-5-8(6-11(15)12(10)16)13(18)17-22(19,20)7-9-3-1-2-4-21-9/h5-6,9H,1-4,7H2,(H,17,18). The second-order valence-corrected chi connectivity index (χ2v) is 6.72. The molecule has 1 unspecified atom stereocenters. The third kappa shape index (κ3) is 4.20. The van der Waals surface area contributed by atoms with Crippen LogP contribution in [0.3, 0.4) is 0 Å². The molecule has 2 rings (SSSR count). The molecule has 1 N–H and O–H groups in total. The molecule has 0 spiro atoms. The van der Waals surface area contributed by atoms with E-state index in [1.165, 1.54) is 0 Å². The van der Waals surface area contributed by atoms with Crippen LogP contribution in [0.25, 0.3) is 0 Å². The lowest BCUT2D eigenvalue weighted by Gasteiger charge is -2.22. The summed E-state index contributed by atoms with van der Waals surface area (Å²) >= 11 is 0. The first-order chi connectivity index (χ1) is 10.3. The van der Waals surface area contributed by atoms with Crippen molar-refractivity contribution >= 4 is 15.9 Å². The van der Waals surface area contributed by atoms with Crippen LogP contribution in [0.5, 0.6) is 0 Å². The maximum Gasteiger partial charge on any atom is 0.264 e. The van der Waals surface area contributed by atoms with Crippen molar-refractivity contribution in [3.05, 3.63) is 35.1 Å². The molecule has 9 heteroatoms. The predicted octanol–water partition coefficient (Wildman–Crippen LogP) is 1.73. The number of hydrogen-bond acceptors (Lipinski definition) is 4. The fraction of sp³-hybridized carbons (Fsp3) is 0.462. The molecule has 1 amide bonds. The van der Waals surface area contributed by atoms with Crippen LogP contribution in [0, 0.1) is 17.5 Å². The molecule has 0 saturated carbocycles. The Morgan fingerprint density at radius 2 is 1.86 bits per heavy atom. The largest absolute Gasteiger partial charge is 0.377 e. The van der Waals surface area contributed by atoms with E-state index in [1.54, 1.807) is 4.72 Å². The van der Waals surface area contributed by atoms with E-state index in [4.69, 9.17) is 4.74 Å². The highest BCUT2D eigenvalue weighted by Gasteiger charge is 2.25. The summed E-state index contributed by atoms with van der Waals surface area (Å²) in [5, 5.41) is 0. The molecular formula is C13H14F3NO4S. The number of carbonyl (C=O) groups is 1. The minimum atomic E-state index is -4.03. The minimum Gasteiger partial charge on any atom is -0.377 e. The normalized spacial score (nSPS) is 19.0. The van der Waals surface area contributed by atoms with Crippen LogP contribution in [-0.2, 0) is 14.8 Å². The summed E-state index contributed by atoms with van der Waals surface area (Å²) in [7, 11) is -4.03. The Balaban J connectivity index is 2.07. The summed E-state index contributed by atoms with van der Waals surface area (Å²) in [5.41, 5.74) is -0.621. The number of sulfonamides is 1. The number of rotatable bonds is 4. The highest BCUT2D eigenvalue weighted by atomic mass is 32.2. The molecule has 1 aromatic carbocycles. The van der Waals surface area contributed by atoms with E-state index in [-0.39, 0.29) is 0 Å². The number of nitrogens with one attached hydrogen (secondary N) is 1. The highest BCUT2D eigenvalue weighted by Crippen LogP contribution is 2.16. The number of benzene rings is 1. The Kier molecular flexibility index (Phi) is 5.07. The van der Waals surface area contributed by atoms with Gasteiger partial charge in [0.1, 0.15) is 0 Å². The Morgan fingerprint density at radius 3 is 2.41 bits per heavy atom. The lowest BCUT2D eigenvalue weighted by atomic mass is 10.1. The fourth-order valence-electron chi connectivity index (χ4n) is 2.11. The fourth-order valence-corrected chi connectivity index (χ4v) is 3.35. The lowest BCUT2D eigenvalue weighted by molar-refractivity contribution is 0.0304. The molecule has 1 heterocycles. The summed E-state index contributed by atoms with van der Waals surface area (Å²) in [6.07, 6.45) is 1.69. The van der Waals surface area contributed by atoms with Gasteiger partial charge in [0.2, 0.25) is 10.0 Å². The van der Waals surface area contributed by atoms with Crippen LogP contribution in [-0.4, -0.2) is 32.8 Å². The summed E-state index contributed by atoms with van der Waals surface area (Å²) in [4.78, 5) is 11.7. The monoisotopic (exact) mass is 337 g/mol. The van der Waals surface area contributed by atoms with Crippen LogP contribution >= 0.6 is 0 Å². The van der Waals surface area contributed by atoms with Gasteiger partial charge in [-0.05, 0) is 31.4 Å². The molecule has 0 aromatic heterocycles. The Morgan fingerprint density at radius 1 is 1.23 bits per heavy atom. The zero-order valence-electron chi connectivity index (χ0n) is 11.4. The van der Waals surface area contributed by atoms with E-state index >= 15 is 0 Å². The predicted molar refractivity (Wildman–Crippen MR) is 71.2 cm³/mol. The van der Waals surface area contributed by atoms with Crippen molar-refractivity contribution in [1.82, 2.24) is 4.72 Å². The number of ether oxygens (including phenoxy) is 1. The number of hydrogen-bond donors (Lipinski definition) is 1. The van der Waals surface area contributed by atoms with Crippen LogP contribution in [0.15, 0.2) is 12.1 Å². The van der Waals surface area contributed by atoms with Gasteiger partial charge in [-0.1, -0.05) is 0 Å². The van der Waals surface area contributed by atoms with Crippen molar-refractivity contribution in [2.75, 3.05) is 12.4 Å². The molecule has 5 nitrogen and oxygen atoms in total. The van der Waals surface area contributed by atoms with Crippen LogP contribution in [0.1, 0.15) is 29.6 Å². The van der Waals surface area contributed by atoms with Crippen molar-refractivity contribution in [2.45, 2.75) is 25.4 Å². The maximum absolute atomic E-state index is 13.0. The molecule has 1 saturated heterocycles. The van der Waals surface area contributed by atoms with Gasteiger partial charge in [0.25, 0.3) is 5.91 Å². The van der Waals surface area contributed by atoms with Gasteiger partial charge in [-0.2, -0.15) is 0 Å². The molecule has 122 valence electrons. The van der Waals surface area contributed by atoms with Crippen molar-refractivity contribution in [3.63, 3.8) is 0 Å². The molecule has 0 aliphatic carbocycles. The minimum absolute atomic E-state index is 0.426. The van der Waals surface area contributed by atoms with Gasteiger partial charge in [-0.25, -0.2) is 26.3 Å². The summed E-state index contributed by atoms with van der Waals surface area (Å²) in [6, 6.07) is 0.862. The van der Waals surface area contributed by atoms with Crippen molar-refractivity contribution in [3.8, 4) is 0 Å². The molecule has 0 bridgehead atoms. The average Bonchev–Trinajstić information content (AvgIpc) is 2.44. The van der Waals surface area contributed by atoms with E-state index < -0.39 is 50.8 Å². The smallest absolute Gasteiger partial charge is 0.264 e. The molecule has 0 radical (unpaired) electrons. The van der Waals surface area contributed by atoms with Gasteiger partial charge < -0.3 is 4.74 Å². The maximum atomic E-state index is 13.0. The van der Waals surface area contributed by atoms with E-state index in [1.807, 2.05) is 0 Å². The third-order valence-electron chi connectivity index (χ3n) is 3.17. The first kappa shape index (κ1) is 16.8. The molecule has 22 heavy (non-hydrogen) atoms. The zero-order chi connectivity index (χ0) is 16.3. The number of carbonyl (C=O) groups excluding carboxylic acids is 1. The quantitative estimate of drug-likeness (QED) is 0.850. The van der Waals surface area contributed by atoms with E-state index in [0.29, 0.717) is 25.2 Å². The van der Waals surface area contributed by atoms with Gasteiger partial charge >= 0.3 is 0 Å². The molecular weight excluding hydrogens is 323 g/mol. The zero-order valence-corrected chi connectivity index (χ0v) is 12.3. The third-order valence-corrected chi connectivity index (χ3v) is 4.48. The first-order valence-electron chi connectivity index (χ1n) is 6.59. The molecule has 1 aromatic rings. The van der Waals surface area contributed by atoms with E-state index in [9.17, 15) is 26.4 Å². The van der Waals surface area contributed by atoms with Gasteiger partial charge in [0.15, 0.2) is 17.5 Å². The average molecular weight is 337 g/mol. The van der Waals surface area contributed by atoms with Crippen molar-refractivity contribution in [2.24, 2.45) is 0 Å². The Hall–Kier alpha value is -1.61. The first-order valence-corrected chi connectivity index (χ1v) is 8.25. The van der Waals surface area contributed by atoms with Crippen LogP contribution in [0.2, 0.25) is 0 Å². The van der Waals surface area contributed by atoms with E-state index in [2.05, 4.69) is 0 Å². The summed E-state index contributed by atoms with van der Waals surface area (Å²) < 4.78 is 69.5. The molecule has 1 aliphatic heterocycles. The van der Waals surface area contributed by atoms with Gasteiger partial charge in [-0.15, -0.1) is 0 Å². The second-order valence-electron chi connectivity index (χ2n) is 4.96. The number of halogens is 3. The molecule has 1 fully saturated rings. The van der Waals surface area contributed by atoms with Gasteiger partial charge in [-0.3, -0.25) is 4.79 Å². The van der Waals surface area contributed by atoms with Crippen LogP contribution < -0.4 is 4.72 Å². The second kappa shape index (κ2) is 6.66. The lowest BCUT2D eigenvalue weighted by Crippen LogP contribution is -2.38. The van der Waals surface area contributed by atoms with Crippen LogP contribution in [0.4, 0.5) is 13.2 Å². The topological polar surface area (TPSA) is 72.5 Å². The summed E-state index contributed by atoms with van der Waals surface area (Å²) in [5.74, 6) is -6.52. The molecule has 1 aliphatic rings. The van der Waals surface area contributed by atoms with Crippen molar-refractivity contribution in [1.29, 1.82) is 0 Å². The highest BCUT2D eigenvalue weighted by molar-refractivity contribution is 7.90. The molecule has 1 atom stereocenters.